The summed E-state index contributed by atoms with van der Waals surface area (Å²) < 4.78 is 15.7. The van der Waals surface area contributed by atoms with Crippen molar-refractivity contribution >= 4 is 5.91 Å². The zero-order valence-corrected chi connectivity index (χ0v) is 13.4. The van der Waals surface area contributed by atoms with Crippen LogP contribution in [-0.2, 0) is 14.3 Å². The fourth-order valence-corrected chi connectivity index (χ4v) is 2.75. The van der Waals surface area contributed by atoms with Gasteiger partial charge in [0, 0.05) is 13.7 Å². The summed E-state index contributed by atoms with van der Waals surface area (Å²) in [5.41, 5.74) is 1.16. The third kappa shape index (κ3) is 4.45. The molecule has 0 spiro atoms. The molecule has 0 N–H and O–H groups in total. The van der Waals surface area contributed by atoms with Gasteiger partial charge in [0.05, 0.1) is 25.9 Å². The Kier molecular flexibility index (Phi) is 6.68. The van der Waals surface area contributed by atoms with Gasteiger partial charge in [-0.3, -0.25) is 4.79 Å². The number of hydrogen-bond acceptors (Lipinski definition) is 4. The van der Waals surface area contributed by atoms with E-state index in [4.69, 9.17) is 14.2 Å². The van der Waals surface area contributed by atoms with E-state index in [1.165, 1.54) is 0 Å². The summed E-state index contributed by atoms with van der Waals surface area (Å²) in [7, 11) is 1.62. The highest BCUT2D eigenvalue weighted by atomic mass is 16.5. The minimum atomic E-state index is 0.0486. The molecule has 122 valence electrons. The molecule has 1 amide bonds. The van der Waals surface area contributed by atoms with Crippen LogP contribution >= 0.6 is 0 Å². The Bertz CT molecular complexity index is 460. The van der Waals surface area contributed by atoms with Gasteiger partial charge in [0.25, 0.3) is 0 Å². The molecule has 1 aliphatic rings. The van der Waals surface area contributed by atoms with E-state index in [2.05, 4.69) is 0 Å². The standard InChI is InChI=1S/C17H25NO4/c1-3-22-15-8-6-14(7-9-15)16-5-4-10-18(16)17(19)13-21-12-11-20-2/h6-9,16H,3-5,10-13H2,1-2H3. The Labute approximate surface area is 132 Å². The Morgan fingerprint density at radius 2 is 2.05 bits per heavy atom. The van der Waals surface area contributed by atoms with Gasteiger partial charge in [0.2, 0.25) is 5.91 Å². The Hall–Kier alpha value is -1.59. The Morgan fingerprint density at radius 1 is 1.27 bits per heavy atom. The zero-order valence-electron chi connectivity index (χ0n) is 13.4. The van der Waals surface area contributed by atoms with E-state index in [-0.39, 0.29) is 18.6 Å². The third-order valence-corrected chi connectivity index (χ3v) is 3.81. The smallest absolute Gasteiger partial charge is 0.249 e. The zero-order chi connectivity index (χ0) is 15.8. The lowest BCUT2D eigenvalue weighted by Crippen LogP contribution is -2.33. The van der Waals surface area contributed by atoms with E-state index in [1.807, 2.05) is 36.1 Å². The van der Waals surface area contributed by atoms with Crippen LogP contribution in [0.1, 0.15) is 31.4 Å². The average molecular weight is 307 g/mol. The Balaban J connectivity index is 1.93. The number of ether oxygens (including phenoxy) is 3. The van der Waals surface area contributed by atoms with Gasteiger partial charge in [-0.15, -0.1) is 0 Å². The third-order valence-electron chi connectivity index (χ3n) is 3.81. The molecule has 1 saturated heterocycles. The molecule has 1 aromatic rings. The summed E-state index contributed by atoms with van der Waals surface area (Å²) in [6, 6.07) is 8.18. The number of amides is 1. The van der Waals surface area contributed by atoms with Crippen molar-refractivity contribution < 1.29 is 19.0 Å². The summed E-state index contributed by atoms with van der Waals surface area (Å²) in [6.07, 6.45) is 2.03. The molecule has 1 unspecified atom stereocenters. The summed E-state index contributed by atoms with van der Waals surface area (Å²) >= 11 is 0. The van der Waals surface area contributed by atoms with Crippen LogP contribution in [-0.4, -0.2) is 50.9 Å². The van der Waals surface area contributed by atoms with Crippen molar-refractivity contribution in [2.24, 2.45) is 0 Å². The van der Waals surface area contributed by atoms with E-state index in [9.17, 15) is 4.79 Å². The normalized spacial score (nSPS) is 17.7. The predicted molar refractivity (Wildman–Crippen MR) is 84.0 cm³/mol. The van der Waals surface area contributed by atoms with Gasteiger partial charge in [-0.25, -0.2) is 0 Å². The molecular weight excluding hydrogens is 282 g/mol. The van der Waals surface area contributed by atoms with Crippen molar-refractivity contribution in [2.75, 3.05) is 40.1 Å². The lowest BCUT2D eigenvalue weighted by Gasteiger charge is -2.25. The topological polar surface area (TPSA) is 48.0 Å². The average Bonchev–Trinajstić information content (AvgIpc) is 3.02. The summed E-state index contributed by atoms with van der Waals surface area (Å²) in [4.78, 5) is 14.2. The quantitative estimate of drug-likeness (QED) is 0.692. The maximum atomic E-state index is 12.3. The van der Waals surface area contributed by atoms with Gasteiger partial charge in [-0.2, -0.15) is 0 Å². The van der Waals surface area contributed by atoms with Crippen molar-refractivity contribution in [3.8, 4) is 5.75 Å². The molecule has 1 fully saturated rings. The van der Waals surface area contributed by atoms with Gasteiger partial charge >= 0.3 is 0 Å². The first-order chi connectivity index (χ1) is 10.8. The minimum Gasteiger partial charge on any atom is -0.494 e. The molecule has 1 heterocycles. The van der Waals surface area contributed by atoms with Crippen molar-refractivity contribution in [1.29, 1.82) is 0 Å². The van der Waals surface area contributed by atoms with Crippen LogP contribution in [0.4, 0.5) is 0 Å². The van der Waals surface area contributed by atoms with Gasteiger partial charge in [-0.05, 0) is 37.5 Å². The number of likely N-dealkylation sites (tertiary alicyclic amines) is 1. The number of rotatable bonds is 8. The predicted octanol–water partition coefficient (Wildman–Crippen LogP) is 2.41. The van der Waals surface area contributed by atoms with Crippen LogP contribution in [0.2, 0.25) is 0 Å². The number of methoxy groups -OCH3 is 1. The minimum absolute atomic E-state index is 0.0486. The fraction of sp³-hybridized carbons (Fsp3) is 0.588. The molecule has 1 aromatic carbocycles. The molecule has 1 atom stereocenters. The number of carbonyl (C=O) groups is 1. The first-order valence-corrected chi connectivity index (χ1v) is 7.85. The molecule has 0 saturated carbocycles. The van der Waals surface area contributed by atoms with Gasteiger partial charge < -0.3 is 19.1 Å². The molecule has 5 nitrogen and oxygen atoms in total. The summed E-state index contributed by atoms with van der Waals surface area (Å²) in [6.45, 7) is 4.50. The maximum absolute atomic E-state index is 12.3. The van der Waals surface area contributed by atoms with Crippen molar-refractivity contribution in [1.82, 2.24) is 4.90 Å². The second-order valence-corrected chi connectivity index (χ2v) is 5.29. The molecule has 0 radical (unpaired) electrons. The first kappa shape index (κ1) is 16.8. The number of carbonyl (C=O) groups excluding carboxylic acids is 1. The highest BCUT2D eigenvalue weighted by Gasteiger charge is 2.29. The SMILES string of the molecule is CCOc1ccc(C2CCCN2C(=O)COCCOC)cc1. The van der Waals surface area contributed by atoms with Crippen molar-refractivity contribution in [2.45, 2.75) is 25.8 Å². The molecule has 0 bridgehead atoms. The van der Waals surface area contributed by atoms with E-state index >= 15 is 0 Å². The van der Waals surface area contributed by atoms with E-state index < -0.39 is 0 Å². The molecule has 2 rings (SSSR count). The highest BCUT2D eigenvalue weighted by molar-refractivity contribution is 5.78. The number of benzene rings is 1. The highest BCUT2D eigenvalue weighted by Crippen LogP contribution is 2.32. The van der Waals surface area contributed by atoms with E-state index in [0.29, 0.717) is 19.8 Å². The van der Waals surface area contributed by atoms with Gasteiger partial charge in [-0.1, -0.05) is 12.1 Å². The summed E-state index contributed by atoms with van der Waals surface area (Å²) in [5, 5.41) is 0. The van der Waals surface area contributed by atoms with Crippen LogP contribution in [0, 0.1) is 0 Å². The van der Waals surface area contributed by atoms with E-state index in [0.717, 1.165) is 30.7 Å². The number of nitrogens with zero attached hydrogens (tertiary/aromatic N) is 1. The summed E-state index contributed by atoms with van der Waals surface area (Å²) in [5.74, 6) is 0.914. The molecule has 0 aromatic heterocycles. The van der Waals surface area contributed by atoms with Crippen LogP contribution in [0.3, 0.4) is 0 Å². The van der Waals surface area contributed by atoms with Crippen molar-refractivity contribution in [3.05, 3.63) is 29.8 Å². The fourth-order valence-electron chi connectivity index (χ4n) is 2.75. The maximum Gasteiger partial charge on any atom is 0.249 e. The van der Waals surface area contributed by atoms with Crippen LogP contribution in [0.5, 0.6) is 5.75 Å². The molecule has 0 aliphatic carbocycles. The van der Waals surface area contributed by atoms with Crippen LogP contribution in [0.15, 0.2) is 24.3 Å². The largest absolute Gasteiger partial charge is 0.494 e. The molecule has 22 heavy (non-hydrogen) atoms. The van der Waals surface area contributed by atoms with Gasteiger partial charge in [0.15, 0.2) is 0 Å². The second-order valence-electron chi connectivity index (χ2n) is 5.29. The van der Waals surface area contributed by atoms with Gasteiger partial charge in [0.1, 0.15) is 12.4 Å². The van der Waals surface area contributed by atoms with E-state index in [1.54, 1.807) is 7.11 Å². The van der Waals surface area contributed by atoms with Crippen molar-refractivity contribution in [3.63, 3.8) is 0 Å². The van der Waals surface area contributed by atoms with Crippen LogP contribution in [0.25, 0.3) is 0 Å². The number of hydrogen-bond donors (Lipinski definition) is 0. The molecule has 5 heteroatoms. The second kappa shape index (κ2) is 8.76. The first-order valence-electron chi connectivity index (χ1n) is 7.85. The lowest BCUT2D eigenvalue weighted by atomic mass is 10.0. The molecular formula is C17H25NO4. The van der Waals surface area contributed by atoms with Crippen LogP contribution < -0.4 is 4.74 Å². The lowest BCUT2D eigenvalue weighted by molar-refractivity contribution is -0.137. The monoisotopic (exact) mass is 307 g/mol. The molecule has 1 aliphatic heterocycles. The Morgan fingerprint density at radius 3 is 2.73 bits per heavy atom.